The number of nitrogens with one attached hydrogen (secondary N) is 1. The highest BCUT2D eigenvalue weighted by atomic mass is 16.5. The molecule has 0 fully saturated rings. The largest absolute Gasteiger partial charge is 0.465 e. The molecular weight excluding hydrogens is 376 g/mol. The van der Waals surface area contributed by atoms with Gasteiger partial charge in [0.2, 0.25) is 0 Å². The third-order valence-electron chi connectivity index (χ3n) is 4.02. The Hall–Kier alpha value is -4.07. The molecule has 0 saturated carbocycles. The summed E-state index contributed by atoms with van der Waals surface area (Å²) in [6.07, 6.45) is 7.75. The fraction of sp³-hybridized carbons (Fsp3) is 0.0952. The Labute approximate surface area is 166 Å². The summed E-state index contributed by atoms with van der Waals surface area (Å²) in [6, 6.07) is 9.91. The number of rotatable bonds is 5. The molecule has 0 atom stereocenters. The Bertz CT molecular complexity index is 1020. The van der Waals surface area contributed by atoms with Crippen LogP contribution in [0.4, 0.5) is 11.4 Å². The second-order valence-corrected chi connectivity index (χ2v) is 5.80. The lowest BCUT2D eigenvalue weighted by Crippen LogP contribution is -2.27. The van der Waals surface area contributed by atoms with E-state index in [9.17, 15) is 14.4 Å². The summed E-state index contributed by atoms with van der Waals surface area (Å²) in [5, 5.41) is 2.72. The Morgan fingerprint density at radius 1 is 1.00 bits per heavy atom. The van der Waals surface area contributed by atoms with Crippen LogP contribution in [0.1, 0.15) is 10.6 Å². The fourth-order valence-corrected chi connectivity index (χ4v) is 2.70. The number of hydrogen-bond acceptors (Lipinski definition) is 7. The molecule has 1 N–H and O–H groups in total. The molecule has 3 rings (SSSR count). The van der Waals surface area contributed by atoms with Crippen LogP contribution in [0, 0.1) is 0 Å². The number of furan rings is 1. The molecule has 8 heteroatoms. The van der Waals surface area contributed by atoms with Gasteiger partial charge in [0.15, 0.2) is 5.76 Å². The Kier molecular flexibility index (Phi) is 5.94. The summed E-state index contributed by atoms with van der Waals surface area (Å²) in [6.45, 7) is 0. The molecule has 1 aromatic heterocycles. The molecule has 0 unspecified atom stereocenters. The van der Waals surface area contributed by atoms with Crippen LogP contribution in [0.3, 0.4) is 0 Å². The highest BCUT2D eigenvalue weighted by molar-refractivity contribution is 6.06. The first-order valence-corrected chi connectivity index (χ1v) is 8.55. The van der Waals surface area contributed by atoms with E-state index in [1.807, 2.05) is 0 Å². The maximum Gasteiger partial charge on any atom is 0.355 e. The van der Waals surface area contributed by atoms with E-state index >= 15 is 0 Å². The van der Waals surface area contributed by atoms with Crippen LogP contribution in [-0.2, 0) is 19.1 Å². The van der Waals surface area contributed by atoms with Crippen LogP contribution in [0.15, 0.2) is 82.8 Å². The average Bonchev–Trinajstić information content (AvgIpc) is 3.19. The number of amides is 1. The Morgan fingerprint density at radius 2 is 1.79 bits per heavy atom. The molecule has 148 valence electrons. The number of allylic oxidation sites excluding steroid dienone is 2. The van der Waals surface area contributed by atoms with Gasteiger partial charge in [0, 0.05) is 17.6 Å². The van der Waals surface area contributed by atoms with Gasteiger partial charge in [0.25, 0.3) is 5.91 Å². The van der Waals surface area contributed by atoms with Crippen LogP contribution in [0.5, 0.6) is 0 Å². The van der Waals surface area contributed by atoms with Gasteiger partial charge in [-0.15, -0.1) is 0 Å². The maximum atomic E-state index is 12.5. The molecular formula is C21H18N2O6. The van der Waals surface area contributed by atoms with Gasteiger partial charge in [-0.2, -0.15) is 0 Å². The normalized spacial score (nSPS) is 13.1. The summed E-state index contributed by atoms with van der Waals surface area (Å²) in [5.74, 6) is -1.65. The van der Waals surface area contributed by atoms with Gasteiger partial charge in [-0.05, 0) is 42.5 Å². The van der Waals surface area contributed by atoms with E-state index in [1.165, 1.54) is 31.5 Å². The van der Waals surface area contributed by atoms with E-state index in [1.54, 1.807) is 54.8 Å². The molecule has 1 aliphatic heterocycles. The van der Waals surface area contributed by atoms with E-state index in [0.717, 1.165) is 0 Å². The van der Waals surface area contributed by atoms with Crippen molar-refractivity contribution >= 4 is 29.2 Å². The van der Waals surface area contributed by atoms with Crippen molar-refractivity contribution in [2.45, 2.75) is 0 Å². The quantitative estimate of drug-likeness (QED) is 0.779. The lowest BCUT2D eigenvalue weighted by atomic mass is 10.1. The minimum absolute atomic E-state index is 0.0149. The van der Waals surface area contributed by atoms with Gasteiger partial charge < -0.3 is 24.1 Å². The first-order valence-electron chi connectivity index (χ1n) is 8.55. The number of benzene rings is 1. The second-order valence-electron chi connectivity index (χ2n) is 5.80. The standard InChI is InChI=1S/C21H18N2O6/c1-27-20(25)16-9-3-4-11-23(18(16)21(26)28-2)15-8-5-7-14(13-15)22-19(24)17-10-6-12-29-17/h3-13H,1-2H3,(H,22,24). The molecule has 29 heavy (non-hydrogen) atoms. The summed E-state index contributed by atoms with van der Waals surface area (Å²) in [4.78, 5) is 38.4. The summed E-state index contributed by atoms with van der Waals surface area (Å²) in [5.41, 5.74) is 1.01. The predicted molar refractivity (Wildman–Crippen MR) is 105 cm³/mol. The van der Waals surface area contributed by atoms with Gasteiger partial charge in [0.1, 0.15) is 5.70 Å². The van der Waals surface area contributed by atoms with Crippen molar-refractivity contribution in [2.24, 2.45) is 0 Å². The predicted octanol–water partition coefficient (Wildman–Crippen LogP) is 3.02. The number of methoxy groups -OCH3 is 2. The van der Waals surface area contributed by atoms with Crippen molar-refractivity contribution in [3.8, 4) is 0 Å². The number of ether oxygens (including phenoxy) is 2. The molecule has 1 aromatic carbocycles. The van der Waals surface area contributed by atoms with E-state index in [0.29, 0.717) is 11.4 Å². The van der Waals surface area contributed by atoms with Crippen LogP contribution in [0.2, 0.25) is 0 Å². The van der Waals surface area contributed by atoms with Crippen molar-refractivity contribution in [3.63, 3.8) is 0 Å². The van der Waals surface area contributed by atoms with Crippen molar-refractivity contribution in [3.05, 3.63) is 84.1 Å². The zero-order valence-electron chi connectivity index (χ0n) is 15.7. The number of nitrogens with zero attached hydrogens (tertiary/aromatic N) is 1. The zero-order valence-corrected chi connectivity index (χ0v) is 15.7. The lowest BCUT2D eigenvalue weighted by Gasteiger charge is -2.23. The van der Waals surface area contributed by atoms with Crippen molar-refractivity contribution in [2.75, 3.05) is 24.4 Å². The van der Waals surface area contributed by atoms with E-state index in [2.05, 4.69) is 5.32 Å². The number of esters is 2. The van der Waals surface area contributed by atoms with Crippen LogP contribution < -0.4 is 10.2 Å². The zero-order chi connectivity index (χ0) is 20.8. The van der Waals surface area contributed by atoms with Gasteiger partial charge in [-0.25, -0.2) is 9.59 Å². The van der Waals surface area contributed by atoms with Crippen molar-refractivity contribution < 1.29 is 28.3 Å². The maximum absolute atomic E-state index is 12.5. The second kappa shape index (κ2) is 8.75. The minimum atomic E-state index is -0.716. The lowest BCUT2D eigenvalue weighted by molar-refractivity contribution is -0.139. The molecule has 1 amide bonds. The third kappa shape index (κ3) is 4.27. The van der Waals surface area contributed by atoms with Crippen molar-refractivity contribution in [1.82, 2.24) is 0 Å². The van der Waals surface area contributed by atoms with E-state index < -0.39 is 17.8 Å². The van der Waals surface area contributed by atoms with Crippen molar-refractivity contribution in [1.29, 1.82) is 0 Å². The number of hydrogen-bond donors (Lipinski definition) is 1. The first-order chi connectivity index (χ1) is 14.0. The Morgan fingerprint density at radius 3 is 2.48 bits per heavy atom. The summed E-state index contributed by atoms with van der Waals surface area (Å²) >= 11 is 0. The first kappa shape index (κ1) is 19.7. The SMILES string of the molecule is COC(=O)C1=C(C(=O)OC)N(c2cccc(NC(=O)c3ccco3)c2)C=CC=C1. The van der Waals surface area contributed by atoms with Gasteiger partial charge >= 0.3 is 11.9 Å². The van der Waals surface area contributed by atoms with Gasteiger partial charge in [0.05, 0.1) is 26.1 Å². The number of anilines is 2. The van der Waals surface area contributed by atoms with Gasteiger partial charge in [-0.3, -0.25) is 4.79 Å². The topological polar surface area (TPSA) is 98.1 Å². The highest BCUT2D eigenvalue weighted by Crippen LogP contribution is 2.28. The molecule has 0 radical (unpaired) electrons. The van der Waals surface area contributed by atoms with Crippen LogP contribution in [-0.4, -0.2) is 32.1 Å². The van der Waals surface area contributed by atoms with Crippen LogP contribution >= 0.6 is 0 Å². The molecule has 2 heterocycles. The number of carbonyl (C=O) groups excluding carboxylic acids is 3. The van der Waals surface area contributed by atoms with E-state index in [4.69, 9.17) is 13.9 Å². The fourth-order valence-electron chi connectivity index (χ4n) is 2.70. The smallest absolute Gasteiger partial charge is 0.355 e. The molecule has 8 nitrogen and oxygen atoms in total. The van der Waals surface area contributed by atoms with Gasteiger partial charge in [-0.1, -0.05) is 12.1 Å². The molecule has 1 aliphatic rings. The minimum Gasteiger partial charge on any atom is -0.465 e. The molecule has 0 saturated heterocycles. The highest BCUT2D eigenvalue weighted by Gasteiger charge is 2.27. The summed E-state index contributed by atoms with van der Waals surface area (Å²) < 4.78 is 14.7. The molecule has 0 aliphatic carbocycles. The molecule has 0 bridgehead atoms. The monoisotopic (exact) mass is 394 g/mol. The summed E-state index contributed by atoms with van der Waals surface area (Å²) in [7, 11) is 2.45. The van der Waals surface area contributed by atoms with E-state index in [-0.39, 0.29) is 17.0 Å². The van der Waals surface area contributed by atoms with Crippen LogP contribution in [0.25, 0.3) is 0 Å². The number of carbonyl (C=O) groups is 3. The average molecular weight is 394 g/mol. The Balaban J connectivity index is 2.00. The molecule has 2 aromatic rings. The molecule has 0 spiro atoms. The third-order valence-corrected chi connectivity index (χ3v) is 4.02.